The maximum atomic E-state index is 5.55. The fourth-order valence-electron chi connectivity index (χ4n) is 0.353. The van der Waals surface area contributed by atoms with Crippen molar-refractivity contribution in [1.29, 1.82) is 0 Å². The molecule has 0 saturated heterocycles. The first-order valence-electron chi connectivity index (χ1n) is 2.10. The van der Waals surface area contributed by atoms with Gasteiger partial charge in [-0.05, 0) is 0 Å². The summed E-state index contributed by atoms with van der Waals surface area (Å²) in [4.78, 5) is 3.76. The van der Waals surface area contributed by atoms with Crippen molar-refractivity contribution >= 4 is 34.5 Å². The highest BCUT2D eigenvalue weighted by molar-refractivity contribution is 7.18. The zero-order chi connectivity index (χ0) is 6.85. The topological polar surface area (TPSA) is 22.1 Å². The largest absolute Gasteiger partial charge is 0.473 e. The Labute approximate surface area is 66.4 Å². The zero-order valence-corrected chi connectivity index (χ0v) is 6.85. The molecule has 2 nitrogen and oxygen atoms in total. The molecular weight excluding hydrogens is 181 g/mol. The van der Waals surface area contributed by atoms with E-state index in [9.17, 15) is 0 Å². The van der Waals surface area contributed by atoms with Crippen LogP contribution in [-0.4, -0.2) is 12.1 Å². The number of halogens is 2. The molecule has 0 aromatic carbocycles. The van der Waals surface area contributed by atoms with Crippen molar-refractivity contribution in [3.8, 4) is 5.19 Å². The summed E-state index contributed by atoms with van der Waals surface area (Å²) in [7, 11) is 1.52. The SMILES string of the molecule is COc1nc(Cl)c(Cl)s1. The first-order valence-corrected chi connectivity index (χ1v) is 3.67. The van der Waals surface area contributed by atoms with Crippen molar-refractivity contribution in [2.24, 2.45) is 0 Å². The Morgan fingerprint density at radius 2 is 2.22 bits per heavy atom. The number of rotatable bonds is 1. The normalized spacial score (nSPS) is 9.67. The fourth-order valence-corrected chi connectivity index (χ4v) is 1.34. The third-order valence-electron chi connectivity index (χ3n) is 0.703. The van der Waals surface area contributed by atoms with Gasteiger partial charge in [0.15, 0.2) is 5.15 Å². The number of nitrogens with zero attached hydrogens (tertiary/aromatic N) is 1. The lowest BCUT2D eigenvalue weighted by molar-refractivity contribution is 0.412. The minimum absolute atomic E-state index is 0.304. The first kappa shape index (κ1) is 7.12. The van der Waals surface area contributed by atoms with Crippen molar-refractivity contribution in [2.45, 2.75) is 0 Å². The standard InChI is InChI=1S/C4H3Cl2NOS/c1-8-4-7-2(5)3(6)9-4/h1H3. The third-order valence-corrected chi connectivity index (χ3v) is 2.40. The van der Waals surface area contributed by atoms with Crippen LogP contribution >= 0.6 is 34.5 Å². The molecule has 50 valence electrons. The second-order valence-corrected chi connectivity index (χ2v) is 3.17. The second-order valence-electron chi connectivity index (χ2n) is 1.25. The smallest absolute Gasteiger partial charge is 0.275 e. The van der Waals surface area contributed by atoms with Gasteiger partial charge >= 0.3 is 0 Å². The van der Waals surface area contributed by atoms with Crippen molar-refractivity contribution < 1.29 is 4.74 Å². The third kappa shape index (κ3) is 1.47. The molecule has 0 unspecified atom stereocenters. The van der Waals surface area contributed by atoms with Gasteiger partial charge in [-0.15, -0.1) is 0 Å². The predicted octanol–water partition coefficient (Wildman–Crippen LogP) is 2.46. The highest BCUT2D eigenvalue weighted by Gasteiger charge is 2.04. The average Bonchev–Trinajstić information content (AvgIpc) is 2.13. The number of hydrogen-bond acceptors (Lipinski definition) is 3. The predicted molar refractivity (Wildman–Crippen MR) is 38.7 cm³/mol. The Kier molecular flexibility index (Phi) is 2.16. The van der Waals surface area contributed by atoms with Gasteiger partial charge in [-0.2, -0.15) is 4.98 Å². The summed E-state index contributed by atoms with van der Waals surface area (Å²) >= 11 is 12.3. The molecular formula is C4H3Cl2NOS. The van der Waals surface area contributed by atoms with Crippen molar-refractivity contribution in [2.75, 3.05) is 7.11 Å². The van der Waals surface area contributed by atoms with Gasteiger partial charge in [0, 0.05) is 0 Å². The van der Waals surface area contributed by atoms with E-state index in [0.29, 0.717) is 14.7 Å². The van der Waals surface area contributed by atoms with Gasteiger partial charge in [-0.1, -0.05) is 34.5 Å². The lowest BCUT2D eigenvalue weighted by atomic mass is 11.0. The molecule has 1 aromatic heterocycles. The van der Waals surface area contributed by atoms with Crippen LogP contribution in [0.2, 0.25) is 9.49 Å². The summed E-state index contributed by atoms with van der Waals surface area (Å²) < 4.78 is 5.22. The molecule has 0 aliphatic carbocycles. The van der Waals surface area contributed by atoms with E-state index in [2.05, 4.69) is 4.98 Å². The fraction of sp³-hybridized carbons (Fsp3) is 0.250. The molecule has 0 fully saturated rings. The maximum Gasteiger partial charge on any atom is 0.275 e. The second kappa shape index (κ2) is 2.73. The number of aromatic nitrogens is 1. The van der Waals surface area contributed by atoms with Crippen LogP contribution in [-0.2, 0) is 0 Å². The van der Waals surface area contributed by atoms with E-state index in [1.165, 1.54) is 18.4 Å². The van der Waals surface area contributed by atoms with Crippen molar-refractivity contribution in [1.82, 2.24) is 4.98 Å². The molecule has 0 amide bonds. The van der Waals surface area contributed by atoms with Crippen LogP contribution in [0, 0.1) is 0 Å². The van der Waals surface area contributed by atoms with E-state index in [1.807, 2.05) is 0 Å². The van der Waals surface area contributed by atoms with Gasteiger partial charge in [-0.3, -0.25) is 0 Å². The molecule has 0 aliphatic heterocycles. The van der Waals surface area contributed by atoms with E-state index in [4.69, 9.17) is 27.9 Å². The van der Waals surface area contributed by atoms with Gasteiger partial charge in [0.1, 0.15) is 4.34 Å². The molecule has 0 aliphatic rings. The Balaban J connectivity index is 2.98. The number of ether oxygens (including phenoxy) is 1. The Hall–Kier alpha value is 0.01000. The molecule has 0 spiro atoms. The minimum atomic E-state index is 0.304. The van der Waals surface area contributed by atoms with Crippen LogP contribution in [0.3, 0.4) is 0 Å². The van der Waals surface area contributed by atoms with E-state index in [1.54, 1.807) is 0 Å². The molecule has 9 heavy (non-hydrogen) atoms. The molecule has 0 atom stereocenters. The van der Waals surface area contributed by atoms with E-state index in [-0.39, 0.29) is 0 Å². The quantitative estimate of drug-likeness (QED) is 0.668. The van der Waals surface area contributed by atoms with Crippen LogP contribution in [0.15, 0.2) is 0 Å². The zero-order valence-electron chi connectivity index (χ0n) is 4.52. The molecule has 1 heterocycles. The monoisotopic (exact) mass is 183 g/mol. The maximum absolute atomic E-state index is 5.55. The molecule has 0 radical (unpaired) electrons. The number of thiazole rings is 1. The number of hydrogen-bond donors (Lipinski definition) is 0. The Morgan fingerprint density at radius 3 is 2.44 bits per heavy atom. The average molecular weight is 184 g/mol. The summed E-state index contributed by atoms with van der Waals surface area (Å²) in [6.45, 7) is 0. The summed E-state index contributed by atoms with van der Waals surface area (Å²) in [5, 5.41) is 0.795. The molecule has 0 N–H and O–H groups in total. The molecule has 0 saturated carbocycles. The summed E-state index contributed by atoms with van der Waals surface area (Å²) in [6.07, 6.45) is 0. The van der Waals surface area contributed by atoms with Crippen molar-refractivity contribution in [3.63, 3.8) is 0 Å². The van der Waals surface area contributed by atoms with E-state index < -0.39 is 0 Å². The van der Waals surface area contributed by atoms with E-state index >= 15 is 0 Å². The first-order chi connectivity index (χ1) is 4.24. The Bertz CT molecular complexity index is 193. The van der Waals surface area contributed by atoms with E-state index in [0.717, 1.165) is 0 Å². The van der Waals surface area contributed by atoms with Gasteiger partial charge in [0.25, 0.3) is 5.19 Å². The summed E-state index contributed by atoms with van der Waals surface area (Å²) in [6, 6.07) is 0. The van der Waals surface area contributed by atoms with Gasteiger partial charge in [0.05, 0.1) is 7.11 Å². The van der Waals surface area contributed by atoms with Crippen LogP contribution < -0.4 is 4.74 Å². The number of methoxy groups -OCH3 is 1. The van der Waals surface area contributed by atoms with Crippen molar-refractivity contribution in [3.05, 3.63) is 9.49 Å². The minimum Gasteiger partial charge on any atom is -0.473 e. The Morgan fingerprint density at radius 1 is 1.56 bits per heavy atom. The van der Waals surface area contributed by atoms with Crippen LogP contribution in [0.5, 0.6) is 5.19 Å². The summed E-state index contributed by atoms with van der Waals surface area (Å²) in [5.74, 6) is 0. The van der Waals surface area contributed by atoms with Gasteiger partial charge < -0.3 is 4.74 Å². The highest BCUT2D eigenvalue weighted by atomic mass is 35.5. The summed E-state index contributed by atoms with van der Waals surface area (Å²) in [5.41, 5.74) is 0. The molecule has 5 heteroatoms. The van der Waals surface area contributed by atoms with Gasteiger partial charge in [0.2, 0.25) is 0 Å². The lowest BCUT2D eigenvalue weighted by Gasteiger charge is -1.84. The van der Waals surface area contributed by atoms with Crippen LogP contribution in [0.25, 0.3) is 0 Å². The highest BCUT2D eigenvalue weighted by Crippen LogP contribution is 2.32. The van der Waals surface area contributed by atoms with Gasteiger partial charge in [-0.25, -0.2) is 0 Å². The molecule has 1 rings (SSSR count). The molecule has 1 aromatic rings. The molecule has 0 bridgehead atoms. The lowest BCUT2D eigenvalue weighted by Crippen LogP contribution is -1.77. The van der Waals surface area contributed by atoms with Crippen LogP contribution in [0.4, 0.5) is 0 Å². The van der Waals surface area contributed by atoms with Crippen LogP contribution in [0.1, 0.15) is 0 Å².